The molecule has 0 bridgehead atoms. The summed E-state index contributed by atoms with van der Waals surface area (Å²) in [7, 11) is 0. The Morgan fingerprint density at radius 2 is 2.05 bits per heavy atom. The van der Waals surface area contributed by atoms with Crippen LogP contribution in [0.4, 0.5) is 5.82 Å². The number of nitrogens with one attached hydrogen (secondary N) is 1. The molecule has 1 amide bonds. The molecule has 5 heteroatoms. The van der Waals surface area contributed by atoms with Gasteiger partial charge in [0.05, 0.1) is 5.69 Å². The number of hydrogen-bond acceptors (Lipinski definition) is 4. The van der Waals surface area contributed by atoms with Crippen LogP contribution in [0.2, 0.25) is 0 Å². The van der Waals surface area contributed by atoms with E-state index in [1.165, 1.54) is 0 Å². The van der Waals surface area contributed by atoms with Gasteiger partial charge in [0.15, 0.2) is 5.82 Å². The summed E-state index contributed by atoms with van der Waals surface area (Å²) >= 11 is 0. The topological polar surface area (TPSA) is 64.1 Å². The summed E-state index contributed by atoms with van der Waals surface area (Å²) in [6.07, 6.45) is 3.63. The highest BCUT2D eigenvalue weighted by molar-refractivity contribution is 5.96. The van der Waals surface area contributed by atoms with Crippen molar-refractivity contribution in [2.75, 3.05) is 11.9 Å². The summed E-state index contributed by atoms with van der Waals surface area (Å²) < 4.78 is 5.72. The van der Waals surface area contributed by atoms with E-state index in [9.17, 15) is 4.79 Å². The fourth-order valence-electron chi connectivity index (χ4n) is 2.50. The smallest absolute Gasteiger partial charge is 0.257 e. The Morgan fingerprint density at radius 1 is 1.37 bits per heavy atom. The van der Waals surface area contributed by atoms with Crippen LogP contribution in [-0.2, 0) is 9.53 Å². The molecule has 0 saturated heterocycles. The molecule has 0 aromatic carbocycles. The van der Waals surface area contributed by atoms with Crippen LogP contribution >= 0.6 is 0 Å². The number of carbonyl (C=O) groups is 1. The van der Waals surface area contributed by atoms with Crippen LogP contribution in [0.15, 0.2) is 6.07 Å². The molecule has 0 radical (unpaired) electrons. The predicted octanol–water partition coefficient (Wildman–Crippen LogP) is 2.38. The second kappa shape index (κ2) is 5.65. The average molecular weight is 263 g/mol. The highest BCUT2D eigenvalue weighted by Gasteiger charge is 2.42. The first-order chi connectivity index (χ1) is 9.07. The van der Waals surface area contributed by atoms with E-state index in [2.05, 4.69) is 15.5 Å². The lowest BCUT2D eigenvalue weighted by Gasteiger charge is -2.27. The van der Waals surface area contributed by atoms with Gasteiger partial charge in [0.2, 0.25) is 0 Å². The van der Waals surface area contributed by atoms with E-state index >= 15 is 0 Å². The van der Waals surface area contributed by atoms with E-state index in [0.717, 1.165) is 36.9 Å². The van der Waals surface area contributed by atoms with Gasteiger partial charge in [-0.15, -0.1) is 5.10 Å². The van der Waals surface area contributed by atoms with Crippen molar-refractivity contribution < 1.29 is 9.53 Å². The summed E-state index contributed by atoms with van der Waals surface area (Å²) in [5.74, 6) is 0.406. The van der Waals surface area contributed by atoms with Gasteiger partial charge >= 0.3 is 0 Å². The third-order valence-electron chi connectivity index (χ3n) is 3.72. The fraction of sp³-hybridized carbons (Fsp3) is 0.643. The number of nitrogens with zero attached hydrogens (tertiary/aromatic N) is 2. The number of aromatic nitrogens is 2. The minimum absolute atomic E-state index is 0.0931. The molecule has 5 nitrogen and oxygen atoms in total. The first-order valence-electron chi connectivity index (χ1n) is 6.84. The first kappa shape index (κ1) is 13.9. The van der Waals surface area contributed by atoms with Crippen molar-refractivity contribution in [3.05, 3.63) is 17.3 Å². The van der Waals surface area contributed by atoms with Crippen LogP contribution in [0.1, 0.15) is 43.9 Å². The van der Waals surface area contributed by atoms with E-state index in [-0.39, 0.29) is 5.91 Å². The Hall–Kier alpha value is -1.49. The van der Waals surface area contributed by atoms with Crippen molar-refractivity contribution >= 4 is 11.7 Å². The van der Waals surface area contributed by atoms with Crippen LogP contribution < -0.4 is 5.32 Å². The van der Waals surface area contributed by atoms with Crippen LogP contribution in [0.5, 0.6) is 0 Å². The van der Waals surface area contributed by atoms with Crippen molar-refractivity contribution in [3.63, 3.8) is 0 Å². The molecule has 0 atom stereocenters. The highest BCUT2D eigenvalue weighted by atomic mass is 16.5. The highest BCUT2D eigenvalue weighted by Crippen LogP contribution is 2.34. The normalized spacial score (nSPS) is 17.4. The number of carbonyl (C=O) groups excluding carboxylic acids is 1. The molecule has 1 N–H and O–H groups in total. The summed E-state index contributed by atoms with van der Waals surface area (Å²) in [6.45, 7) is 6.31. The van der Waals surface area contributed by atoms with Crippen molar-refractivity contribution in [2.45, 2.75) is 52.1 Å². The van der Waals surface area contributed by atoms with Gasteiger partial charge in [0.1, 0.15) is 5.60 Å². The number of ether oxygens (including phenoxy) is 1. The van der Waals surface area contributed by atoms with Crippen LogP contribution in [0, 0.1) is 13.8 Å². The Balaban J connectivity index is 2.12. The molecule has 2 rings (SSSR count). The van der Waals surface area contributed by atoms with Crippen molar-refractivity contribution in [1.29, 1.82) is 0 Å². The molecule has 1 aliphatic rings. The molecule has 0 spiro atoms. The SMILES string of the molecule is CCOC1(C(=O)Nc2cc(C)c(C)nn2)CCCC1. The van der Waals surface area contributed by atoms with Gasteiger partial charge in [-0.05, 0) is 58.1 Å². The molecular weight excluding hydrogens is 242 g/mol. The molecule has 1 fully saturated rings. The summed E-state index contributed by atoms with van der Waals surface area (Å²) in [5.41, 5.74) is 1.22. The van der Waals surface area contributed by atoms with Crippen molar-refractivity contribution in [2.24, 2.45) is 0 Å². The molecule has 104 valence electrons. The molecule has 19 heavy (non-hydrogen) atoms. The number of aryl methyl sites for hydroxylation is 2. The maximum atomic E-state index is 12.4. The Morgan fingerprint density at radius 3 is 2.63 bits per heavy atom. The molecule has 0 unspecified atom stereocenters. The summed E-state index contributed by atoms with van der Waals surface area (Å²) in [6, 6.07) is 1.84. The van der Waals surface area contributed by atoms with E-state index in [1.54, 1.807) is 0 Å². The van der Waals surface area contributed by atoms with Gasteiger partial charge in [-0.3, -0.25) is 4.79 Å². The minimum Gasteiger partial charge on any atom is -0.365 e. The van der Waals surface area contributed by atoms with Crippen LogP contribution in [0.3, 0.4) is 0 Å². The Bertz CT molecular complexity index is 468. The second-order valence-electron chi connectivity index (χ2n) is 5.09. The number of anilines is 1. The zero-order chi connectivity index (χ0) is 13.9. The van der Waals surface area contributed by atoms with Crippen LogP contribution in [0.25, 0.3) is 0 Å². The molecule has 1 heterocycles. The largest absolute Gasteiger partial charge is 0.365 e. The second-order valence-corrected chi connectivity index (χ2v) is 5.09. The average Bonchev–Trinajstić information content (AvgIpc) is 2.84. The molecule has 1 aromatic heterocycles. The number of amides is 1. The van der Waals surface area contributed by atoms with Crippen molar-refractivity contribution in [3.8, 4) is 0 Å². The maximum absolute atomic E-state index is 12.4. The maximum Gasteiger partial charge on any atom is 0.257 e. The Labute approximate surface area is 113 Å². The molecule has 1 aliphatic carbocycles. The Kier molecular flexibility index (Phi) is 4.14. The van der Waals surface area contributed by atoms with Gasteiger partial charge in [0.25, 0.3) is 5.91 Å². The fourth-order valence-corrected chi connectivity index (χ4v) is 2.50. The lowest BCUT2D eigenvalue weighted by Crippen LogP contribution is -2.43. The molecular formula is C14H21N3O2. The minimum atomic E-state index is -0.671. The van der Waals surface area contributed by atoms with E-state index in [0.29, 0.717) is 12.4 Å². The predicted molar refractivity (Wildman–Crippen MR) is 73.0 cm³/mol. The van der Waals surface area contributed by atoms with Crippen LogP contribution in [-0.4, -0.2) is 28.3 Å². The third-order valence-corrected chi connectivity index (χ3v) is 3.72. The summed E-state index contributed by atoms with van der Waals surface area (Å²) in [5, 5.41) is 10.9. The van der Waals surface area contributed by atoms with Gasteiger partial charge in [-0.1, -0.05) is 0 Å². The lowest BCUT2D eigenvalue weighted by atomic mass is 10.0. The summed E-state index contributed by atoms with van der Waals surface area (Å²) in [4.78, 5) is 12.4. The van der Waals surface area contributed by atoms with Crippen molar-refractivity contribution in [1.82, 2.24) is 10.2 Å². The molecule has 1 aromatic rings. The van der Waals surface area contributed by atoms with Gasteiger partial charge < -0.3 is 10.1 Å². The zero-order valence-electron chi connectivity index (χ0n) is 11.8. The molecule has 1 saturated carbocycles. The monoisotopic (exact) mass is 263 g/mol. The van der Waals surface area contributed by atoms with E-state index < -0.39 is 5.60 Å². The quantitative estimate of drug-likeness (QED) is 0.905. The van der Waals surface area contributed by atoms with Gasteiger partial charge in [-0.2, -0.15) is 5.10 Å². The van der Waals surface area contributed by atoms with E-state index in [1.807, 2.05) is 26.8 Å². The van der Waals surface area contributed by atoms with Gasteiger partial charge in [-0.25, -0.2) is 0 Å². The first-order valence-corrected chi connectivity index (χ1v) is 6.84. The van der Waals surface area contributed by atoms with Gasteiger partial charge in [0, 0.05) is 6.61 Å². The standard InChI is InChI=1S/C14H21N3O2/c1-4-19-14(7-5-6-8-14)13(18)15-12-9-10(2)11(3)16-17-12/h9H,4-8H2,1-3H3,(H,15,17,18). The zero-order valence-corrected chi connectivity index (χ0v) is 11.8. The number of rotatable bonds is 4. The third kappa shape index (κ3) is 2.92. The lowest BCUT2D eigenvalue weighted by molar-refractivity contribution is -0.140. The molecule has 0 aliphatic heterocycles. The number of hydrogen-bond donors (Lipinski definition) is 1. The van der Waals surface area contributed by atoms with E-state index in [4.69, 9.17) is 4.74 Å².